The van der Waals surface area contributed by atoms with Gasteiger partial charge >= 0.3 is 6.18 Å². The van der Waals surface area contributed by atoms with Gasteiger partial charge in [0, 0.05) is 12.7 Å². The molecule has 0 saturated carbocycles. The van der Waals surface area contributed by atoms with Crippen LogP contribution in [0.15, 0.2) is 36.8 Å². The summed E-state index contributed by atoms with van der Waals surface area (Å²) in [4.78, 5) is 8.18. The Labute approximate surface area is 167 Å². The molecule has 2 aromatic heterocycles. The Morgan fingerprint density at radius 3 is 2.69 bits per heavy atom. The van der Waals surface area contributed by atoms with Crippen LogP contribution in [0.3, 0.4) is 0 Å². The Kier molecular flexibility index (Phi) is 6.18. The van der Waals surface area contributed by atoms with E-state index in [2.05, 4.69) is 25.7 Å². The third kappa shape index (κ3) is 5.55. The van der Waals surface area contributed by atoms with Crippen molar-refractivity contribution in [1.29, 1.82) is 0 Å². The predicted molar refractivity (Wildman–Crippen MR) is 98.4 cm³/mol. The van der Waals surface area contributed by atoms with E-state index < -0.39 is 17.6 Å². The van der Waals surface area contributed by atoms with Crippen molar-refractivity contribution >= 4 is 29.1 Å². The van der Waals surface area contributed by atoms with Gasteiger partial charge in [0.1, 0.15) is 10.8 Å². The molecular formula is C17H15ClF4N6O. The van der Waals surface area contributed by atoms with E-state index in [1.165, 1.54) is 17.1 Å². The summed E-state index contributed by atoms with van der Waals surface area (Å²) in [5.74, 6) is -0.673. The topological polar surface area (TPSA) is 87.9 Å². The number of halogens is 5. The van der Waals surface area contributed by atoms with Gasteiger partial charge in [-0.2, -0.15) is 23.3 Å². The standard InChI is InChI=1S/C17H15ClF4N6O/c18-14-8-24-16(26-13-7-25-28(9-13)1-2-29)27-15(14)23-6-10-3-11(17(20,21)22)5-12(19)4-10/h3-5,7-9,29H,1-2,6H2,(H2,23,24,26,27). The molecule has 0 aliphatic rings. The lowest BCUT2D eigenvalue weighted by Gasteiger charge is -2.12. The van der Waals surface area contributed by atoms with Crippen molar-refractivity contribution in [1.82, 2.24) is 19.7 Å². The Bertz CT molecular complexity index is 994. The summed E-state index contributed by atoms with van der Waals surface area (Å²) in [6, 6.07) is 2.27. The number of nitrogens with zero attached hydrogens (tertiary/aromatic N) is 4. The maximum absolute atomic E-state index is 13.5. The number of aliphatic hydroxyl groups is 1. The second kappa shape index (κ2) is 8.62. The van der Waals surface area contributed by atoms with Crippen LogP contribution >= 0.6 is 11.6 Å². The van der Waals surface area contributed by atoms with Gasteiger partial charge < -0.3 is 15.7 Å². The number of hydrogen-bond donors (Lipinski definition) is 3. The first-order valence-corrected chi connectivity index (χ1v) is 8.66. The molecule has 3 N–H and O–H groups in total. The molecule has 0 aliphatic heterocycles. The molecule has 7 nitrogen and oxygen atoms in total. The predicted octanol–water partition coefficient (Wildman–Crippen LogP) is 3.83. The van der Waals surface area contributed by atoms with Crippen molar-refractivity contribution in [2.75, 3.05) is 17.2 Å². The summed E-state index contributed by atoms with van der Waals surface area (Å²) >= 11 is 6.03. The fraction of sp³-hybridized carbons (Fsp3) is 0.235. The van der Waals surface area contributed by atoms with Crippen LogP contribution in [-0.2, 0) is 19.3 Å². The van der Waals surface area contributed by atoms with Gasteiger partial charge in [-0.05, 0) is 23.8 Å². The Hall–Kier alpha value is -2.92. The third-order valence-corrected chi connectivity index (χ3v) is 3.98. The molecule has 1 aromatic carbocycles. The van der Waals surface area contributed by atoms with Crippen LogP contribution in [0.5, 0.6) is 0 Å². The number of aliphatic hydroxyl groups excluding tert-OH is 1. The molecule has 3 aromatic rings. The average molecular weight is 431 g/mol. The Morgan fingerprint density at radius 2 is 1.97 bits per heavy atom. The molecule has 0 unspecified atom stereocenters. The maximum atomic E-state index is 13.5. The smallest absolute Gasteiger partial charge is 0.394 e. The van der Waals surface area contributed by atoms with Crippen LogP contribution < -0.4 is 10.6 Å². The van der Waals surface area contributed by atoms with Gasteiger partial charge in [0.15, 0.2) is 5.82 Å². The minimum absolute atomic E-state index is 0.0667. The molecule has 0 aliphatic carbocycles. The molecule has 12 heteroatoms. The van der Waals surface area contributed by atoms with E-state index in [1.807, 2.05) is 0 Å². The second-order valence-electron chi connectivity index (χ2n) is 5.93. The molecule has 0 atom stereocenters. The van der Waals surface area contributed by atoms with Crippen molar-refractivity contribution in [3.8, 4) is 0 Å². The van der Waals surface area contributed by atoms with Crippen LogP contribution in [0.2, 0.25) is 5.02 Å². The Morgan fingerprint density at radius 1 is 1.17 bits per heavy atom. The lowest BCUT2D eigenvalue weighted by Crippen LogP contribution is -2.09. The minimum Gasteiger partial charge on any atom is -0.394 e. The van der Waals surface area contributed by atoms with E-state index >= 15 is 0 Å². The van der Waals surface area contributed by atoms with Gasteiger partial charge in [-0.3, -0.25) is 4.68 Å². The zero-order valence-corrected chi connectivity index (χ0v) is 15.5. The van der Waals surface area contributed by atoms with Crippen LogP contribution in [-0.4, -0.2) is 31.5 Å². The number of hydrogen-bond acceptors (Lipinski definition) is 6. The van der Waals surface area contributed by atoms with Gasteiger partial charge in [-0.1, -0.05) is 11.6 Å². The number of alkyl halides is 3. The number of nitrogens with one attached hydrogen (secondary N) is 2. The van der Waals surface area contributed by atoms with E-state index in [9.17, 15) is 17.6 Å². The molecular weight excluding hydrogens is 416 g/mol. The monoisotopic (exact) mass is 430 g/mol. The summed E-state index contributed by atoms with van der Waals surface area (Å²) in [5, 5.41) is 18.7. The lowest BCUT2D eigenvalue weighted by molar-refractivity contribution is -0.137. The highest BCUT2D eigenvalue weighted by molar-refractivity contribution is 6.32. The van der Waals surface area contributed by atoms with Crippen LogP contribution in [0.4, 0.5) is 35.0 Å². The molecule has 29 heavy (non-hydrogen) atoms. The van der Waals surface area contributed by atoms with E-state index in [4.69, 9.17) is 16.7 Å². The molecule has 0 radical (unpaired) electrons. The summed E-state index contributed by atoms with van der Waals surface area (Å²) in [6.07, 6.45) is -0.204. The lowest BCUT2D eigenvalue weighted by atomic mass is 10.1. The summed E-state index contributed by atoms with van der Waals surface area (Å²) in [5.41, 5.74) is -0.441. The highest BCUT2D eigenvalue weighted by Gasteiger charge is 2.31. The van der Waals surface area contributed by atoms with Crippen LogP contribution in [0.1, 0.15) is 11.1 Å². The molecule has 2 heterocycles. The zero-order valence-electron chi connectivity index (χ0n) is 14.7. The highest BCUT2D eigenvalue weighted by Crippen LogP contribution is 2.31. The normalized spacial score (nSPS) is 11.5. The molecule has 0 saturated heterocycles. The summed E-state index contributed by atoms with van der Waals surface area (Å²) in [7, 11) is 0. The fourth-order valence-corrected chi connectivity index (χ4v) is 2.59. The Balaban J connectivity index is 1.73. The van der Waals surface area contributed by atoms with Gasteiger partial charge in [0.05, 0.1) is 36.8 Å². The largest absolute Gasteiger partial charge is 0.416 e. The fourth-order valence-electron chi connectivity index (χ4n) is 2.44. The SMILES string of the molecule is OCCn1cc(Nc2ncc(Cl)c(NCc3cc(F)cc(C(F)(F)F)c3)n2)cn1. The van der Waals surface area contributed by atoms with E-state index in [1.54, 1.807) is 6.20 Å². The van der Waals surface area contributed by atoms with E-state index in [0.29, 0.717) is 18.3 Å². The van der Waals surface area contributed by atoms with E-state index in [0.717, 1.165) is 12.1 Å². The summed E-state index contributed by atoms with van der Waals surface area (Å²) in [6.45, 7) is 0.123. The van der Waals surface area contributed by atoms with Gasteiger partial charge in [0.25, 0.3) is 0 Å². The number of rotatable bonds is 7. The first kappa shape index (κ1) is 20.8. The first-order chi connectivity index (χ1) is 13.7. The molecule has 0 amide bonds. The molecule has 3 rings (SSSR count). The first-order valence-electron chi connectivity index (χ1n) is 8.28. The third-order valence-electron chi connectivity index (χ3n) is 3.71. The van der Waals surface area contributed by atoms with Crippen molar-refractivity contribution in [3.63, 3.8) is 0 Å². The average Bonchev–Trinajstić information content (AvgIpc) is 3.08. The van der Waals surface area contributed by atoms with Gasteiger partial charge in [-0.15, -0.1) is 0 Å². The zero-order chi connectivity index (χ0) is 21.0. The van der Waals surface area contributed by atoms with Gasteiger partial charge in [0.2, 0.25) is 5.95 Å². The number of aromatic nitrogens is 4. The van der Waals surface area contributed by atoms with Crippen molar-refractivity contribution in [3.05, 3.63) is 58.8 Å². The summed E-state index contributed by atoms with van der Waals surface area (Å²) < 4.78 is 53.5. The minimum atomic E-state index is -4.65. The molecule has 0 fully saturated rings. The highest BCUT2D eigenvalue weighted by atomic mass is 35.5. The second-order valence-corrected chi connectivity index (χ2v) is 6.34. The van der Waals surface area contributed by atoms with Crippen LogP contribution in [0, 0.1) is 5.82 Å². The van der Waals surface area contributed by atoms with Crippen molar-refractivity contribution in [2.45, 2.75) is 19.3 Å². The van der Waals surface area contributed by atoms with E-state index in [-0.39, 0.29) is 35.5 Å². The van der Waals surface area contributed by atoms with Crippen molar-refractivity contribution in [2.24, 2.45) is 0 Å². The molecule has 0 spiro atoms. The van der Waals surface area contributed by atoms with Crippen molar-refractivity contribution < 1.29 is 22.7 Å². The van der Waals surface area contributed by atoms with Gasteiger partial charge in [-0.25, -0.2) is 9.37 Å². The van der Waals surface area contributed by atoms with Crippen LogP contribution in [0.25, 0.3) is 0 Å². The molecule has 154 valence electrons. The maximum Gasteiger partial charge on any atom is 0.416 e. The number of anilines is 3. The number of benzene rings is 1. The molecule has 0 bridgehead atoms. The quantitative estimate of drug-likeness (QED) is 0.494.